The average Bonchev–Trinajstić information content (AvgIpc) is 3.31. The highest BCUT2D eigenvalue weighted by atomic mass is 32.1. The number of amides is 1. The number of carbonyl (C=O) groups is 1. The van der Waals surface area contributed by atoms with Gasteiger partial charge in [-0.15, -0.1) is 11.3 Å². The Kier molecular flexibility index (Phi) is 4.89. The number of para-hydroxylation sites is 1. The number of thiazole rings is 1. The molecule has 0 saturated heterocycles. The number of nitrogens with one attached hydrogen (secondary N) is 2. The summed E-state index contributed by atoms with van der Waals surface area (Å²) in [6.45, 7) is 1.91. The van der Waals surface area contributed by atoms with Crippen LogP contribution in [0.1, 0.15) is 32.6 Å². The number of anilines is 1. The van der Waals surface area contributed by atoms with Crippen LogP contribution in [0.2, 0.25) is 0 Å². The van der Waals surface area contributed by atoms with Crippen molar-refractivity contribution in [3.63, 3.8) is 0 Å². The predicted molar refractivity (Wildman–Crippen MR) is 109 cm³/mol. The van der Waals surface area contributed by atoms with Gasteiger partial charge in [-0.05, 0) is 44.0 Å². The molecule has 4 rings (SSSR count). The number of hydrogen-bond donors (Lipinski definition) is 2. The number of fused-ring (bicyclic) bond motifs is 1. The lowest BCUT2D eigenvalue weighted by Gasteiger charge is -2.18. The van der Waals surface area contributed by atoms with Gasteiger partial charge in [-0.25, -0.2) is 4.98 Å². The number of carbonyl (C=O) groups excluding carboxylic acids is 1. The summed E-state index contributed by atoms with van der Waals surface area (Å²) < 4.78 is 1.19. The third-order valence-electron chi connectivity index (χ3n) is 4.88. The molecule has 26 heavy (non-hydrogen) atoms. The molecule has 3 aromatic rings. The lowest BCUT2D eigenvalue weighted by atomic mass is 10.2. The summed E-state index contributed by atoms with van der Waals surface area (Å²) in [6.07, 6.45) is 4.64. The van der Waals surface area contributed by atoms with E-state index in [1.165, 1.54) is 17.5 Å². The molecule has 1 amide bonds. The van der Waals surface area contributed by atoms with Gasteiger partial charge in [0.1, 0.15) is 11.0 Å². The van der Waals surface area contributed by atoms with Crippen LogP contribution in [-0.4, -0.2) is 23.0 Å². The molecule has 0 spiro atoms. The first-order valence-corrected chi connectivity index (χ1v) is 10.0. The second kappa shape index (κ2) is 7.46. The first kappa shape index (κ1) is 17.0. The third-order valence-corrected chi connectivity index (χ3v) is 5.97. The van der Waals surface area contributed by atoms with E-state index in [9.17, 15) is 4.79 Å². The fourth-order valence-corrected chi connectivity index (χ4v) is 4.41. The standard InChI is InChI=1S/C21H23N3OS/c1-14(20(25)23-16-8-2-3-9-16)22-17-10-6-7-15(13-17)21-24-18-11-4-5-12-19(18)26-21/h4-7,10-14,16,22H,2-3,8-9H2,1H3,(H,23,25)/t14-/m1/s1. The van der Waals surface area contributed by atoms with Gasteiger partial charge in [-0.3, -0.25) is 4.79 Å². The van der Waals surface area contributed by atoms with Crippen molar-refractivity contribution in [2.24, 2.45) is 0 Å². The molecule has 134 valence electrons. The quantitative estimate of drug-likeness (QED) is 0.681. The van der Waals surface area contributed by atoms with E-state index in [-0.39, 0.29) is 11.9 Å². The van der Waals surface area contributed by atoms with Crippen LogP contribution in [0, 0.1) is 0 Å². The van der Waals surface area contributed by atoms with Crippen LogP contribution < -0.4 is 10.6 Å². The lowest BCUT2D eigenvalue weighted by molar-refractivity contribution is -0.122. The van der Waals surface area contributed by atoms with Crippen molar-refractivity contribution in [1.82, 2.24) is 10.3 Å². The number of rotatable bonds is 5. The SMILES string of the molecule is C[C@@H](Nc1cccc(-c2nc3ccccc3s2)c1)C(=O)NC1CCCC1. The molecule has 2 aromatic carbocycles. The normalized spacial score (nSPS) is 15.9. The van der Waals surface area contributed by atoms with Crippen LogP contribution in [-0.2, 0) is 4.79 Å². The van der Waals surface area contributed by atoms with Gasteiger partial charge < -0.3 is 10.6 Å². The molecule has 0 aliphatic heterocycles. The maximum atomic E-state index is 12.4. The minimum absolute atomic E-state index is 0.0716. The summed E-state index contributed by atoms with van der Waals surface area (Å²) in [5.41, 5.74) is 3.03. The van der Waals surface area contributed by atoms with Crippen LogP contribution in [0.25, 0.3) is 20.8 Å². The van der Waals surface area contributed by atoms with Crippen molar-refractivity contribution >= 4 is 33.1 Å². The Bertz CT molecular complexity index is 881. The maximum absolute atomic E-state index is 12.4. The van der Waals surface area contributed by atoms with Gasteiger partial charge in [0.15, 0.2) is 0 Å². The van der Waals surface area contributed by atoms with Crippen LogP contribution >= 0.6 is 11.3 Å². The first-order valence-electron chi connectivity index (χ1n) is 9.22. The molecule has 2 N–H and O–H groups in total. The Morgan fingerprint density at radius 1 is 1.15 bits per heavy atom. The third kappa shape index (κ3) is 3.73. The fourth-order valence-electron chi connectivity index (χ4n) is 3.45. The number of nitrogens with zero attached hydrogens (tertiary/aromatic N) is 1. The van der Waals surface area contributed by atoms with E-state index in [1.54, 1.807) is 11.3 Å². The molecule has 1 fully saturated rings. The van der Waals surface area contributed by atoms with Crippen LogP contribution in [0.3, 0.4) is 0 Å². The van der Waals surface area contributed by atoms with Crippen molar-refractivity contribution in [2.45, 2.75) is 44.7 Å². The van der Waals surface area contributed by atoms with Crippen LogP contribution in [0.5, 0.6) is 0 Å². The molecular formula is C21H23N3OS. The first-order chi connectivity index (χ1) is 12.7. The van der Waals surface area contributed by atoms with E-state index in [4.69, 9.17) is 4.98 Å². The highest BCUT2D eigenvalue weighted by Gasteiger charge is 2.20. The van der Waals surface area contributed by atoms with E-state index >= 15 is 0 Å². The van der Waals surface area contributed by atoms with Crippen molar-refractivity contribution in [1.29, 1.82) is 0 Å². The van der Waals surface area contributed by atoms with E-state index in [1.807, 2.05) is 37.3 Å². The Morgan fingerprint density at radius 2 is 1.96 bits per heavy atom. The zero-order valence-corrected chi connectivity index (χ0v) is 15.7. The summed E-state index contributed by atoms with van der Waals surface area (Å²) >= 11 is 1.69. The molecule has 0 bridgehead atoms. The Labute approximate surface area is 157 Å². The minimum Gasteiger partial charge on any atom is -0.374 e. The van der Waals surface area contributed by atoms with Gasteiger partial charge >= 0.3 is 0 Å². The van der Waals surface area contributed by atoms with Crippen molar-refractivity contribution in [2.75, 3.05) is 5.32 Å². The molecule has 0 unspecified atom stereocenters. The molecule has 1 heterocycles. The molecule has 4 nitrogen and oxygen atoms in total. The molecule has 5 heteroatoms. The summed E-state index contributed by atoms with van der Waals surface area (Å²) in [6, 6.07) is 16.4. The average molecular weight is 366 g/mol. The molecule has 1 aliphatic rings. The molecular weight excluding hydrogens is 342 g/mol. The van der Waals surface area contributed by atoms with Gasteiger partial charge in [-0.2, -0.15) is 0 Å². The van der Waals surface area contributed by atoms with Gasteiger partial charge in [0.2, 0.25) is 5.91 Å². The molecule has 1 saturated carbocycles. The van der Waals surface area contributed by atoms with E-state index in [2.05, 4.69) is 28.8 Å². The lowest BCUT2D eigenvalue weighted by Crippen LogP contribution is -2.42. The topological polar surface area (TPSA) is 54.0 Å². The Morgan fingerprint density at radius 3 is 2.77 bits per heavy atom. The van der Waals surface area contributed by atoms with Gasteiger partial charge in [0, 0.05) is 17.3 Å². The largest absolute Gasteiger partial charge is 0.374 e. The molecule has 1 aliphatic carbocycles. The smallest absolute Gasteiger partial charge is 0.242 e. The molecule has 1 aromatic heterocycles. The number of aromatic nitrogens is 1. The summed E-state index contributed by atoms with van der Waals surface area (Å²) in [5, 5.41) is 7.47. The summed E-state index contributed by atoms with van der Waals surface area (Å²) in [7, 11) is 0. The van der Waals surface area contributed by atoms with E-state index in [0.717, 1.165) is 34.6 Å². The molecule has 1 atom stereocenters. The van der Waals surface area contributed by atoms with Gasteiger partial charge in [0.05, 0.1) is 10.2 Å². The number of benzene rings is 2. The Hall–Kier alpha value is -2.40. The second-order valence-corrected chi connectivity index (χ2v) is 7.95. The maximum Gasteiger partial charge on any atom is 0.242 e. The summed E-state index contributed by atoms with van der Waals surface area (Å²) in [5.74, 6) is 0.0716. The fraction of sp³-hybridized carbons (Fsp3) is 0.333. The van der Waals surface area contributed by atoms with E-state index in [0.29, 0.717) is 6.04 Å². The van der Waals surface area contributed by atoms with Crippen molar-refractivity contribution in [3.05, 3.63) is 48.5 Å². The van der Waals surface area contributed by atoms with Crippen molar-refractivity contribution < 1.29 is 4.79 Å². The second-order valence-electron chi connectivity index (χ2n) is 6.92. The number of hydrogen-bond acceptors (Lipinski definition) is 4. The monoisotopic (exact) mass is 365 g/mol. The van der Waals surface area contributed by atoms with Crippen LogP contribution in [0.15, 0.2) is 48.5 Å². The molecule has 0 radical (unpaired) electrons. The predicted octanol–water partition coefficient (Wildman–Crippen LogP) is 4.82. The highest BCUT2D eigenvalue weighted by Crippen LogP contribution is 2.31. The summed E-state index contributed by atoms with van der Waals surface area (Å²) in [4.78, 5) is 17.1. The zero-order chi connectivity index (χ0) is 17.9. The zero-order valence-electron chi connectivity index (χ0n) is 14.9. The van der Waals surface area contributed by atoms with Crippen molar-refractivity contribution in [3.8, 4) is 10.6 Å². The van der Waals surface area contributed by atoms with Gasteiger partial charge in [0.25, 0.3) is 0 Å². The minimum atomic E-state index is -0.263. The highest BCUT2D eigenvalue weighted by molar-refractivity contribution is 7.21. The Balaban J connectivity index is 1.47. The van der Waals surface area contributed by atoms with Gasteiger partial charge in [-0.1, -0.05) is 37.1 Å². The van der Waals surface area contributed by atoms with E-state index < -0.39 is 0 Å². The van der Waals surface area contributed by atoms with Crippen LogP contribution in [0.4, 0.5) is 5.69 Å².